The van der Waals surface area contributed by atoms with Crippen molar-refractivity contribution in [1.82, 2.24) is 30.0 Å². The molecule has 1 unspecified atom stereocenters. The van der Waals surface area contributed by atoms with Gasteiger partial charge in [0.15, 0.2) is 0 Å². The van der Waals surface area contributed by atoms with E-state index in [1.54, 1.807) is 0 Å². The molecule has 2 aliphatic rings. The fourth-order valence-electron chi connectivity index (χ4n) is 3.79. The summed E-state index contributed by atoms with van der Waals surface area (Å²) in [6, 6.07) is 2.09. The number of amides is 1. The Kier molecular flexibility index (Phi) is 4.82. The molecule has 2 aromatic heterocycles. The Morgan fingerprint density at radius 3 is 3.00 bits per heavy atom. The van der Waals surface area contributed by atoms with Crippen LogP contribution in [0.25, 0.3) is 0 Å². The molecule has 0 aliphatic carbocycles. The predicted octanol–water partition coefficient (Wildman–Crippen LogP) is 1.14. The lowest BCUT2D eigenvalue weighted by atomic mass is 10.1. The molecule has 4 heterocycles. The molecule has 2 aromatic rings. The topological polar surface area (TPSA) is 85.2 Å². The molecule has 1 atom stereocenters. The number of carbonyl (C=O) groups excluding carboxylic acids is 1. The Morgan fingerprint density at radius 1 is 1.33 bits per heavy atom. The fourth-order valence-corrected chi connectivity index (χ4v) is 3.79. The predicted molar refractivity (Wildman–Crippen MR) is 99.3 cm³/mol. The van der Waals surface area contributed by atoms with E-state index in [1.165, 1.54) is 5.69 Å². The Bertz CT molecular complexity index is 862. The van der Waals surface area contributed by atoms with Gasteiger partial charge in [-0.1, -0.05) is 6.92 Å². The van der Waals surface area contributed by atoms with Crippen LogP contribution >= 0.6 is 0 Å². The highest BCUT2D eigenvalue weighted by molar-refractivity contribution is 5.75. The van der Waals surface area contributed by atoms with E-state index in [9.17, 15) is 4.79 Å². The van der Waals surface area contributed by atoms with Gasteiger partial charge in [-0.3, -0.25) is 14.4 Å². The maximum Gasteiger partial charge on any atom is 0.220 e. The Balaban J connectivity index is 1.36. The molecule has 0 saturated heterocycles. The van der Waals surface area contributed by atoms with Crippen LogP contribution in [-0.4, -0.2) is 49.7 Å². The van der Waals surface area contributed by atoms with Crippen LogP contribution in [0.5, 0.6) is 5.88 Å². The molecule has 8 heteroatoms. The van der Waals surface area contributed by atoms with Crippen LogP contribution in [0.15, 0.2) is 6.07 Å². The summed E-state index contributed by atoms with van der Waals surface area (Å²) in [5, 5.41) is 7.49. The molecule has 0 spiro atoms. The minimum absolute atomic E-state index is 0.0502. The van der Waals surface area contributed by atoms with Gasteiger partial charge in [-0.2, -0.15) is 10.1 Å². The summed E-state index contributed by atoms with van der Waals surface area (Å²) in [5.41, 5.74) is 4.26. The minimum Gasteiger partial charge on any atom is -0.472 e. The second-order valence-electron chi connectivity index (χ2n) is 7.30. The highest BCUT2D eigenvalue weighted by atomic mass is 16.5. The SMILES string of the molecule is CCC(=O)NCc1cc2n(n1)CCN(CC1Cc3c(C)nc(C)nc3O1)C2. The number of hydrogen-bond acceptors (Lipinski definition) is 6. The number of nitrogens with one attached hydrogen (secondary N) is 1. The smallest absolute Gasteiger partial charge is 0.220 e. The van der Waals surface area contributed by atoms with Gasteiger partial charge in [-0.25, -0.2) is 4.98 Å². The molecule has 4 rings (SSSR count). The van der Waals surface area contributed by atoms with E-state index in [0.29, 0.717) is 13.0 Å². The van der Waals surface area contributed by atoms with Gasteiger partial charge < -0.3 is 10.1 Å². The first kappa shape index (κ1) is 17.9. The van der Waals surface area contributed by atoms with Crippen molar-refractivity contribution in [1.29, 1.82) is 0 Å². The van der Waals surface area contributed by atoms with E-state index in [-0.39, 0.29) is 12.0 Å². The molecule has 0 aromatic carbocycles. The Hall–Kier alpha value is -2.48. The van der Waals surface area contributed by atoms with Gasteiger partial charge in [-0.05, 0) is 19.9 Å². The molecule has 1 N–H and O–H groups in total. The first-order valence-electron chi connectivity index (χ1n) is 9.57. The molecule has 0 fully saturated rings. The zero-order valence-corrected chi connectivity index (χ0v) is 16.2. The van der Waals surface area contributed by atoms with Crippen LogP contribution in [0.2, 0.25) is 0 Å². The summed E-state index contributed by atoms with van der Waals surface area (Å²) in [7, 11) is 0. The van der Waals surface area contributed by atoms with Gasteiger partial charge >= 0.3 is 0 Å². The van der Waals surface area contributed by atoms with Crippen LogP contribution in [-0.2, 0) is 30.8 Å². The van der Waals surface area contributed by atoms with Crippen molar-refractivity contribution >= 4 is 5.91 Å². The summed E-state index contributed by atoms with van der Waals surface area (Å²) in [5.74, 6) is 1.56. The van der Waals surface area contributed by atoms with Crippen molar-refractivity contribution in [3.8, 4) is 5.88 Å². The van der Waals surface area contributed by atoms with Crippen LogP contribution in [0.4, 0.5) is 0 Å². The summed E-state index contributed by atoms with van der Waals surface area (Å²) >= 11 is 0. The number of ether oxygens (including phenoxy) is 1. The van der Waals surface area contributed by atoms with Crippen molar-refractivity contribution in [2.45, 2.75) is 59.4 Å². The molecule has 0 radical (unpaired) electrons. The average Bonchev–Trinajstić information content (AvgIpc) is 3.22. The van der Waals surface area contributed by atoms with E-state index >= 15 is 0 Å². The number of nitrogens with zero attached hydrogens (tertiary/aromatic N) is 5. The summed E-state index contributed by atoms with van der Waals surface area (Å²) < 4.78 is 8.13. The third-order valence-electron chi connectivity index (χ3n) is 5.18. The molecule has 8 nitrogen and oxygen atoms in total. The highest BCUT2D eigenvalue weighted by Crippen LogP contribution is 2.29. The maximum absolute atomic E-state index is 11.4. The van der Waals surface area contributed by atoms with E-state index in [2.05, 4.69) is 31.3 Å². The number of hydrogen-bond donors (Lipinski definition) is 1. The summed E-state index contributed by atoms with van der Waals surface area (Å²) in [6.07, 6.45) is 1.48. The minimum atomic E-state index is 0.0502. The normalized spacial score (nSPS) is 18.7. The zero-order valence-electron chi connectivity index (χ0n) is 16.2. The van der Waals surface area contributed by atoms with Crippen molar-refractivity contribution in [2.75, 3.05) is 13.1 Å². The molecular formula is C19H26N6O2. The second-order valence-corrected chi connectivity index (χ2v) is 7.30. The molecule has 144 valence electrons. The molecule has 27 heavy (non-hydrogen) atoms. The second kappa shape index (κ2) is 7.26. The number of rotatable bonds is 5. The quantitative estimate of drug-likeness (QED) is 0.849. The number of aryl methyl sites for hydroxylation is 2. The van der Waals surface area contributed by atoms with E-state index in [4.69, 9.17) is 4.74 Å². The number of fused-ring (bicyclic) bond motifs is 2. The van der Waals surface area contributed by atoms with Crippen LogP contribution < -0.4 is 10.1 Å². The summed E-state index contributed by atoms with van der Waals surface area (Å²) in [4.78, 5) is 22.7. The number of carbonyl (C=O) groups is 1. The maximum atomic E-state index is 11.4. The molecule has 0 saturated carbocycles. The van der Waals surface area contributed by atoms with E-state index < -0.39 is 0 Å². The van der Waals surface area contributed by atoms with Crippen LogP contribution in [0, 0.1) is 13.8 Å². The Morgan fingerprint density at radius 2 is 2.19 bits per heavy atom. The van der Waals surface area contributed by atoms with Gasteiger partial charge in [-0.15, -0.1) is 0 Å². The molecule has 1 amide bonds. The lowest BCUT2D eigenvalue weighted by Crippen LogP contribution is -2.40. The van der Waals surface area contributed by atoms with Gasteiger partial charge in [0.25, 0.3) is 0 Å². The molecular weight excluding hydrogens is 344 g/mol. The van der Waals surface area contributed by atoms with Crippen molar-refractivity contribution in [2.24, 2.45) is 0 Å². The average molecular weight is 370 g/mol. The van der Waals surface area contributed by atoms with Gasteiger partial charge in [0.2, 0.25) is 11.8 Å². The largest absolute Gasteiger partial charge is 0.472 e. The van der Waals surface area contributed by atoms with Crippen molar-refractivity contribution in [3.63, 3.8) is 0 Å². The third-order valence-corrected chi connectivity index (χ3v) is 5.18. The van der Waals surface area contributed by atoms with Gasteiger partial charge in [0, 0.05) is 43.7 Å². The van der Waals surface area contributed by atoms with E-state index in [0.717, 1.165) is 61.3 Å². The third kappa shape index (κ3) is 3.80. The monoisotopic (exact) mass is 370 g/mol. The fraction of sp³-hybridized carbons (Fsp3) is 0.579. The highest BCUT2D eigenvalue weighted by Gasteiger charge is 2.30. The van der Waals surface area contributed by atoms with Crippen LogP contribution in [0.1, 0.15) is 41.8 Å². The van der Waals surface area contributed by atoms with Crippen molar-refractivity contribution in [3.05, 3.63) is 34.5 Å². The zero-order chi connectivity index (χ0) is 19.0. The number of aromatic nitrogens is 4. The lowest BCUT2D eigenvalue weighted by Gasteiger charge is -2.29. The van der Waals surface area contributed by atoms with E-state index in [1.807, 2.05) is 25.5 Å². The van der Waals surface area contributed by atoms with Crippen molar-refractivity contribution < 1.29 is 9.53 Å². The first-order valence-corrected chi connectivity index (χ1v) is 9.57. The molecule has 2 aliphatic heterocycles. The van der Waals surface area contributed by atoms with Crippen LogP contribution in [0.3, 0.4) is 0 Å². The standard InChI is InChI=1S/C19H26N6O2/c1-4-18(26)20-9-14-7-15-10-24(5-6-25(15)23-14)11-16-8-17-12(2)21-13(3)22-19(17)27-16/h7,16H,4-6,8-11H2,1-3H3,(H,20,26). The summed E-state index contributed by atoms with van der Waals surface area (Å²) in [6.45, 7) is 9.77. The lowest BCUT2D eigenvalue weighted by molar-refractivity contribution is -0.120. The van der Waals surface area contributed by atoms with Gasteiger partial charge in [0.1, 0.15) is 11.9 Å². The Labute approximate surface area is 158 Å². The van der Waals surface area contributed by atoms with Gasteiger partial charge in [0.05, 0.1) is 24.5 Å². The first-order chi connectivity index (χ1) is 13.0. The molecule has 0 bridgehead atoms.